The average Bonchev–Trinajstić information content (AvgIpc) is 2.84. The van der Waals surface area contributed by atoms with Crippen LogP contribution in [-0.2, 0) is 10.3 Å². The molecule has 108 valence electrons. The van der Waals surface area contributed by atoms with Crippen molar-refractivity contribution in [2.75, 3.05) is 32.8 Å². The van der Waals surface area contributed by atoms with Crippen molar-refractivity contribution in [3.8, 4) is 6.07 Å². The molecule has 0 unspecified atom stereocenters. The molecule has 3 heterocycles. The fourth-order valence-corrected chi connectivity index (χ4v) is 3.37. The summed E-state index contributed by atoms with van der Waals surface area (Å²) in [7, 11) is 0. The number of nitrogens with zero attached hydrogens (tertiary/aromatic N) is 4. The van der Waals surface area contributed by atoms with Crippen molar-refractivity contribution in [2.24, 2.45) is 5.92 Å². The number of aromatic nitrogens is 2. The van der Waals surface area contributed by atoms with Crippen molar-refractivity contribution in [3.05, 3.63) is 18.0 Å². The van der Waals surface area contributed by atoms with E-state index in [0.29, 0.717) is 6.42 Å². The van der Waals surface area contributed by atoms with Gasteiger partial charge in [-0.05, 0) is 31.2 Å². The second-order valence-electron chi connectivity index (χ2n) is 6.25. The minimum atomic E-state index is -0.103. The van der Waals surface area contributed by atoms with Gasteiger partial charge in [0.15, 0.2) is 0 Å². The highest BCUT2D eigenvalue weighted by Gasteiger charge is 2.45. The van der Waals surface area contributed by atoms with E-state index in [0.717, 1.165) is 44.3 Å². The molecule has 1 aromatic heterocycles. The van der Waals surface area contributed by atoms with Crippen LogP contribution in [0, 0.1) is 24.2 Å². The molecule has 0 N–H and O–H groups in total. The lowest BCUT2D eigenvalue weighted by Crippen LogP contribution is -2.63. The Hall–Kier alpha value is -1.38. The van der Waals surface area contributed by atoms with Gasteiger partial charge in [0.05, 0.1) is 18.7 Å². The van der Waals surface area contributed by atoms with Crippen molar-refractivity contribution in [1.82, 2.24) is 14.7 Å². The Morgan fingerprint density at radius 2 is 2.20 bits per heavy atom. The van der Waals surface area contributed by atoms with E-state index in [1.807, 2.05) is 17.8 Å². The zero-order valence-electron chi connectivity index (χ0n) is 12.1. The van der Waals surface area contributed by atoms with Crippen LogP contribution < -0.4 is 0 Å². The number of hydrogen-bond acceptors (Lipinski definition) is 4. The number of nitriles is 1. The van der Waals surface area contributed by atoms with Crippen molar-refractivity contribution in [3.63, 3.8) is 0 Å². The maximum absolute atomic E-state index is 9.12. The molecule has 0 radical (unpaired) electrons. The van der Waals surface area contributed by atoms with Crippen LogP contribution in [0.3, 0.4) is 0 Å². The predicted octanol–water partition coefficient (Wildman–Crippen LogP) is 1.54. The fraction of sp³-hybridized carbons (Fsp3) is 0.733. The van der Waals surface area contributed by atoms with E-state index in [1.165, 1.54) is 12.8 Å². The third-order valence-corrected chi connectivity index (χ3v) is 4.50. The zero-order valence-corrected chi connectivity index (χ0v) is 12.1. The Labute approximate surface area is 120 Å². The minimum Gasteiger partial charge on any atom is -0.381 e. The first kappa shape index (κ1) is 13.6. The third kappa shape index (κ3) is 2.58. The standard InChI is InChI=1S/C15H22N4O/c1-13-8-17-19(9-13)15(4-5-16)11-18(12-15)10-14-2-6-20-7-3-14/h8-9,14H,2-4,6-7,10-12H2,1H3. The van der Waals surface area contributed by atoms with E-state index in [-0.39, 0.29) is 5.54 Å². The van der Waals surface area contributed by atoms with Gasteiger partial charge < -0.3 is 4.74 Å². The van der Waals surface area contributed by atoms with Crippen LogP contribution >= 0.6 is 0 Å². The van der Waals surface area contributed by atoms with Crippen LogP contribution in [0.15, 0.2) is 12.4 Å². The van der Waals surface area contributed by atoms with E-state index < -0.39 is 0 Å². The SMILES string of the molecule is Cc1cnn(C2(CC#N)CN(CC3CCOCC3)C2)c1. The van der Waals surface area contributed by atoms with Gasteiger partial charge in [0, 0.05) is 39.0 Å². The van der Waals surface area contributed by atoms with Gasteiger partial charge in [-0.3, -0.25) is 9.58 Å². The summed E-state index contributed by atoms with van der Waals surface area (Å²) in [6.07, 6.45) is 6.81. The first-order chi connectivity index (χ1) is 9.72. The molecule has 2 aliphatic heterocycles. The Morgan fingerprint density at radius 1 is 1.45 bits per heavy atom. The van der Waals surface area contributed by atoms with E-state index in [1.54, 1.807) is 0 Å². The molecule has 0 spiro atoms. The molecule has 2 saturated heterocycles. The van der Waals surface area contributed by atoms with Gasteiger partial charge in [-0.2, -0.15) is 10.4 Å². The average molecular weight is 274 g/mol. The minimum absolute atomic E-state index is 0.103. The molecule has 0 amide bonds. The number of aryl methyl sites for hydroxylation is 1. The van der Waals surface area contributed by atoms with Crippen molar-refractivity contribution in [1.29, 1.82) is 5.26 Å². The lowest BCUT2D eigenvalue weighted by molar-refractivity contribution is -0.0225. The summed E-state index contributed by atoms with van der Waals surface area (Å²) in [5, 5.41) is 13.5. The molecule has 2 fully saturated rings. The predicted molar refractivity (Wildman–Crippen MR) is 75.2 cm³/mol. The number of hydrogen-bond donors (Lipinski definition) is 0. The molecule has 0 aliphatic carbocycles. The van der Waals surface area contributed by atoms with Crippen LogP contribution in [0.1, 0.15) is 24.8 Å². The quantitative estimate of drug-likeness (QED) is 0.836. The van der Waals surface area contributed by atoms with Crippen molar-refractivity contribution < 1.29 is 4.74 Å². The molecule has 0 aromatic carbocycles. The van der Waals surface area contributed by atoms with Gasteiger partial charge >= 0.3 is 0 Å². The largest absolute Gasteiger partial charge is 0.381 e. The fourth-order valence-electron chi connectivity index (χ4n) is 3.37. The maximum Gasteiger partial charge on any atom is 0.101 e. The normalized spacial score (nSPS) is 23.2. The van der Waals surface area contributed by atoms with E-state index in [4.69, 9.17) is 10.00 Å². The van der Waals surface area contributed by atoms with Gasteiger partial charge in [0.1, 0.15) is 5.54 Å². The van der Waals surface area contributed by atoms with E-state index in [9.17, 15) is 0 Å². The highest BCUT2D eigenvalue weighted by molar-refractivity contribution is 5.10. The Morgan fingerprint density at radius 3 is 2.80 bits per heavy atom. The van der Waals surface area contributed by atoms with E-state index in [2.05, 4.69) is 22.3 Å². The Kier molecular flexibility index (Phi) is 3.77. The molecule has 0 bridgehead atoms. The summed E-state index contributed by atoms with van der Waals surface area (Å²) in [5.74, 6) is 0.753. The van der Waals surface area contributed by atoms with Gasteiger partial charge in [-0.15, -0.1) is 0 Å². The molecule has 2 aliphatic rings. The van der Waals surface area contributed by atoms with E-state index >= 15 is 0 Å². The molecule has 20 heavy (non-hydrogen) atoms. The number of likely N-dealkylation sites (tertiary alicyclic amines) is 1. The molecule has 5 heteroatoms. The highest BCUT2D eigenvalue weighted by atomic mass is 16.5. The van der Waals surface area contributed by atoms with Crippen molar-refractivity contribution >= 4 is 0 Å². The van der Waals surface area contributed by atoms with Crippen molar-refractivity contribution in [2.45, 2.75) is 31.7 Å². The summed E-state index contributed by atoms with van der Waals surface area (Å²) in [6, 6.07) is 2.33. The molecule has 0 saturated carbocycles. The second-order valence-corrected chi connectivity index (χ2v) is 6.25. The third-order valence-electron chi connectivity index (χ3n) is 4.50. The topological polar surface area (TPSA) is 54.1 Å². The van der Waals surface area contributed by atoms with Gasteiger partial charge in [0.25, 0.3) is 0 Å². The number of ether oxygens (including phenoxy) is 1. The molecular formula is C15H22N4O. The summed E-state index contributed by atoms with van der Waals surface area (Å²) in [5.41, 5.74) is 1.05. The Balaban J connectivity index is 1.61. The van der Waals surface area contributed by atoms with Crippen LogP contribution in [0.5, 0.6) is 0 Å². The maximum atomic E-state index is 9.12. The highest BCUT2D eigenvalue weighted by Crippen LogP contribution is 2.33. The molecule has 5 nitrogen and oxygen atoms in total. The molecule has 1 aromatic rings. The van der Waals surface area contributed by atoms with Gasteiger partial charge in [-0.25, -0.2) is 0 Å². The smallest absolute Gasteiger partial charge is 0.101 e. The van der Waals surface area contributed by atoms with Crippen LogP contribution in [0.2, 0.25) is 0 Å². The zero-order chi connectivity index (χ0) is 14.0. The van der Waals surface area contributed by atoms with Gasteiger partial charge in [-0.1, -0.05) is 0 Å². The van der Waals surface area contributed by atoms with Crippen LogP contribution in [0.25, 0.3) is 0 Å². The first-order valence-electron chi connectivity index (χ1n) is 7.41. The first-order valence-corrected chi connectivity index (χ1v) is 7.41. The molecule has 3 rings (SSSR count). The number of rotatable bonds is 4. The summed E-state index contributed by atoms with van der Waals surface area (Å²) < 4.78 is 7.41. The van der Waals surface area contributed by atoms with Crippen LogP contribution in [0.4, 0.5) is 0 Å². The van der Waals surface area contributed by atoms with Crippen LogP contribution in [-0.4, -0.2) is 47.5 Å². The Bertz CT molecular complexity index is 492. The summed E-state index contributed by atoms with van der Waals surface area (Å²) >= 11 is 0. The summed E-state index contributed by atoms with van der Waals surface area (Å²) in [6.45, 7) is 6.87. The lowest BCUT2D eigenvalue weighted by atomic mass is 9.85. The molecular weight excluding hydrogens is 252 g/mol. The second kappa shape index (κ2) is 5.55. The molecule has 0 atom stereocenters. The lowest BCUT2D eigenvalue weighted by Gasteiger charge is -2.50. The van der Waals surface area contributed by atoms with Gasteiger partial charge in [0.2, 0.25) is 0 Å². The summed E-state index contributed by atoms with van der Waals surface area (Å²) in [4.78, 5) is 2.46. The monoisotopic (exact) mass is 274 g/mol.